The van der Waals surface area contributed by atoms with Crippen LogP contribution in [0.1, 0.15) is 18.9 Å². The van der Waals surface area contributed by atoms with Crippen molar-refractivity contribution in [3.8, 4) is 0 Å². The Morgan fingerprint density at radius 1 is 1.40 bits per heavy atom. The summed E-state index contributed by atoms with van der Waals surface area (Å²) in [6, 6.07) is 6.24. The zero-order chi connectivity index (χ0) is 14.7. The second-order valence-corrected chi connectivity index (χ2v) is 4.92. The molecule has 0 saturated carbocycles. The molecule has 1 aromatic rings. The molecule has 0 aliphatic carbocycles. The molecule has 1 amide bonds. The molecule has 1 unspecified atom stereocenters. The van der Waals surface area contributed by atoms with E-state index in [2.05, 4.69) is 0 Å². The van der Waals surface area contributed by atoms with E-state index in [1.165, 1.54) is 17.0 Å². The number of benzene rings is 1. The molecule has 0 spiro atoms. The van der Waals surface area contributed by atoms with Crippen LogP contribution in [0.5, 0.6) is 0 Å². The third-order valence-corrected chi connectivity index (χ3v) is 3.49. The molecular formula is C15H16FNO3. The fourth-order valence-corrected chi connectivity index (χ4v) is 2.30. The summed E-state index contributed by atoms with van der Waals surface area (Å²) < 4.78 is 13.6. The van der Waals surface area contributed by atoms with Crippen molar-refractivity contribution in [1.29, 1.82) is 0 Å². The van der Waals surface area contributed by atoms with Crippen molar-refractivity contribution in [3.63, 3.8) is 0 Å². The number of amides is 1. The Balaban J connectivity index is 2.09. The minimum absolute atomic E-state index is 0.217. The van der Waals surface area contributed by atoms with Crippen molar-refractivity contribution in [1.82, 2.24) is 4.90 Å². The molecule has 1 atom stereocenters. The van der Waals surface area contributed by atoms with Crippen molar-refractivity contribution in [3.05, 3.63) is 41.7 Å². The lowest BCUT2D eigenvalue weighted by Gasteiger charge is -2.14. The second kappa shape index (κ2) is 5.86. The molecule has 20 heavy (non-hydrogen) atoms. The van der Waals surface area contributed by atoms with Crippen molar-refractivity contribution in [2.24, 2.45) is 5.92 Å². The summed E-state index contributed by atoms with van der Waals surface area (Å²) in [4.78, 5) is 24.4. The fourth-order valence-electron chi connectivity index (χ4n) is 2.30. The van der Waals surface area contributed by atoms with Crippen LogP contribution < -0.4 is 0 Å². The maximum absolute atomic E-state index is 13.6. The van der Waals surface area contributed by atoms with Crippen LogP contribution in [0.3, 0.4) is 0 Å². The smallest absolute Gasteiger partial charge is 0.308 e. The van der Waals surface area contributed by atoms with Gasteiger partial charge in [0.05, 0.1) is 5.92 Å². The minimum atomic E-state index is -0.880. The van der Waals surface area contributed by atoms with Gasteiger partial charge in [-0.3, -0.25) is 9.59 Å². The number of allylic oxidation sites excluding steroid dienone is 1. The highest BCUT2D eigenvalue weighted by molar-refractivity contribution is 5.95. The molecule has 1 N–H and O–H groups in total. The zero-order valence-corrected chi connectivity index (χ0v) is 11.2. The van der Waals surface area contributed by atoms with E-state index in [1.807, 2.05) is 0 Å². The predicted octanol–water partition coefficient (Wildman–Crippen LogP) is 2.16. The Kier molecular flexibility index (Phi) is 4.17. The molecule has 0 radical (unpaired) electrons. The number of carboxylic acid groups (broad SMARTS) is 1. The van der Waals surface area contributed by atoms with Gasteiger partial charge in [0.15, 0.2) is 0 Å². The molecule has 4 nitrogen and oxygen atoms in total. The van der Waals surface area contributed by atoms with Gasteiger partial charge < -0.3 is 10.0 Å². The molecule has 1 heterocycles. The maximum Gasteiger partial charge on any atom is 0.308 e. The van der Waals surface area contributed by atoms with Crippen molar-refractivity contribution in [2.75, 3.05) is 13.1 Å². The lowest BCUT2D eigenvalue weighted by atomic mass is 10.1. The molecule has 5 heteroatoms. The summed E-state index contributed by atoms with van der Waals surface area (Å²) in [5.41, 5.74) is 0.918. The standard InChI is InChI=1S/C15H16FNO3/c1-10(12-4-2-3-5-13(12)16)8-14(18)17-7-6-11(9-17)15(19)20/h2-5,8,11H,6-7,9H2,1H3,(H,19,20). The molecule has 1 aromatic carbocycles. The number of hydrogen-bond acceptors (Lipinski definition) is 2. The van der Waals surface area contributed by atoms with Crippen LogP contribution >= 0.6 is 0 Å². The third-order valence-electron chi connectivity index (χ3n) is 3.49. The first-order valence-corrected chi connectivity index (χ1v) is 6.44. The summed E-state index contributed by atoms with van der Waals surface area (Å²) in [5.74, 6) is -2.02. The number of halogens is 1. The van der Waals surface area contributed by atoms with Crippen LogP contribution in [0.2, 0.25) is 0 Å². The molecular weight excluding hydrogens is 261 g/mol. The average molecular weight is 277 g/mol. The largest absolute Gasteiger partial charge is 0.481 e. The molecule has 0 aromatic heterocycles. The number of aliphatic carboxylic acids is 1. The quantitative estimate of drug-likeness (QED) is 0.861. The van der Waals surface area contributed by atoms with Gasteiger partial charge in [-0.15, -0.1) is 0 Å². The predicted molar refractivity (Wildman–Crippen MR) is 72.4 cm³/mol. The van der Waals surface area contributed by atoms with Gasteiger partial charge in [-0.1, -0.05) is 18.2 Å². The van der Waals surface area contributed by atoms with E-state index in [1.54, 1.807) is 25.1 Å². The van der Waals surface area contributed by atoms with Gasteiger partial charge in [-0.2, -0.15) is 0 Å². The van der Waals surface area contributed by atoms with Gasteiger partial charge in [0.25, 0.3) is 0 Å². The summed E-state index contributed by atoms with van der Waals surface area (Å²) in [6.45, 7) is 2.31. The van der Waals surface area contributed by atoms with Gasteiger partial charge >= 0.3 is 5.97 Å². The number of likely N-dealkylation sites (tertiary alicyclic amines) is 1. The SMILES string of the molecule is CC(=CC(=O)N1CCC(C(=O)O)C1)c1ccccc1F. The second-order valence-electron chi connectivity index (χ2n) is 4.92. The topological polar surface area (TPSA) is 57.6 Å². The summed E-state index contributed by atoms with van der Waals surface area (Å²) in [7, 11) is 0. The highest BCUT2D eigenvalue weighted by Gasteiger charge is 2.30. The van der Waals surface area contributed by atoms with Crippen LogP contribution in [0.4, 0.5) is 4.39 Å². The first kappa shape index (κ1) is 14.2. The van der Waals surface area contributed by atoms with Gasteiger partial charge in [0.1, 0.15) is 5.82 Å². The van der Waals surface area contributed by atoms with Crippen molar-refractivity contribution >= 4 is 17.4 Å². The van der Waals surface area contributed by atoms with E-state index in [4.69, 9.17) is 5.11 Å². The van der Waals surface area contributed by atoms with Crippen LogP contribution in [0.25, 0.3) is 5.57 Å². The highest BCUT2D eigenvalue weighted by atomic mass is 19.1. The summed E-state index contributed by atoms with van der Waals surface area (Å²) >= 11 is 0. The van der Waals surface area contributed by atoms with Gasteiger partial charge in [0, 0.05) is 24.7 Å². The molecule has 2 rings (SSSR count). The number of carboxylic acids is 1. The molecule has 0 bridgehead atoms. The van der Waals surface area contributed by atoms with Crippen molar-refractivity contribution < 1.29 is 19.1 Å². The Hall–Kier alpha value is -2.17. The van der Waals surface area contributed by atoms with Crippen LogP contribution in [0, 0.1) is 11.7 Å². The average Bonchev–Trinajstić information content (AvgIpc) is 2.88. The molecule has 1 fully saturated rings. The molecule has 1 aliphatic rings. The molecule has 106 valence electrons. The van der Waals surface area contributed by atoms with E-state index < -0.39 is 11.9 Å². The zero-order valence-electron chi connectivity index (χ0n) is 11.2. The van der Waals surface area contributed by atoms with Gasteiger partial charge in [0.2, 0.25) is 5.91 Å². The maximum atomic E-state index is 13.6. The van der Waals surface area contributed by atoms with E-state index >= 15 is 0 Å². The first-order valence-electron chi connectivity index (χ1n) is 6.44. The van der Waals surface area contributed by atoms with Crippen LogP contribution in [-0.2, 0) is 9.59 Å². The normalized spacial score (nSPS) is 19.2. The number of nitrogens with zero attached hydrogens (tertiary/aromatic N) is 1. The lowest BCUT2D eigenvalue weighted by Crippen LogP contribution is -2.28. The molecule has 1 saturated heterocycles. The van der Waals surface area contributed by atoms with Gasteiger partial charge in [-0.25, -0.2) is 4.39 Å². The number of rotatable bonds is 3. The minimum Gasteiger partial charge on any atom is -0.481 e. The Morgan fingerprint density at radius 3 is 2.70 bits per heavy atom. The Bertz CT molecular complexity index is 568. The fraction of sp³-hybridized carbons (Fsp3) is 0.333. The van der Waals surface area contributed by atoms with Gasteiger partial charge in [-0.05, 0) is 25.0 Å². The Morgan fingerprint density at radius 2 is 2.10 bits per heavy atom. The number of carbonyl (C=O) groups is 2. The van der Waals surface area contributed by atoms with E-state index in [9.17, 15) is 14.0 Å². The van der Waals surface area contributed by atoms with E-state index in [0.29, 0.717) is 24.1 Å². The lowest BCUT2D eigenvalue weighted by molar-refractivity contribution is -0.141. The highest BCUT2D eigenvalue weighted by Crippen LogP contribution is 2.20. The summed E-state index contributed by atoms with van der Waals surface area (Å²) in [5, 5.41) is 8.91. The Labute approximate surface area is 116 Å². The van der Waals surface area contributed by atoms with E-state index in [-0.39, 0.29) is 18.3 Å². The third kappa shape index (κ3) is 3.04. The van der Waals surface area contributed by atoms with Crippen LogP contribution in [0.15, 0.2) is 30.3 Å². The number of hydrogen-bond donors (Lipinski definition) is 1. The van der Waals surface area contributed by atoms with Crippen molar-refractivity contribution in [2.45, 2.75) is 13.3 Å². The van der Waals surface area contributed by atoms with E-state index in [0.717, 1.165) is 0 Å². The van der Waals surface area contributed by atoms with Crippen LogP contribution in [-0.4, -0.2) is 35.0 Å². The monoisotopic (exact) mass is 277 g/mol. The molecule has 1 aliphatic heterocycles. The first-order chi connectivity index (χ1) is 9.49. The number of carbonyl (C=O) groups excluding carboxylic acids is 1. The summed E-state index contributed by atoms with van der Waals surface area (Å²) in [6.07, 6.45) is 1.83.